The Morgan fingerprint density at radius 3 is 2.84 bits per heavy atom. The molecule has 3 nitrogen and oxygen atoms in total. The van der Waals surface area contributed by atoms with Gasteiger partial charge in [-0.05, 0) is 38.5 Å². The van der Waals surface area contributed by atoms with Gasteiger partial charge in [-0.25, -0.2) is 4.79 Å². The molecule has 1 aliphatic rings. The van der Waals surface area contributed by atoms with Crippen LogP contribution in [0.15, 0.2) is 27.6 Å². The average molecular weight is 344 g/mol. The van der Waals surface area contributed by atoms with Gasteiger partial charge in [0.2, 0.25) is 0 Å². The van der Waals surface area contributed by atoms with E-state index in [1.54, 1.807) is 16.7 Å². The highest BCUT2D eigenvalue weighted by Crippen LogP contribution is 2.30. The van der Waals surface area contributed by atoms with Crippen molar-refractivity contribution >= 4 is 33.8 Å². The Balaban J connectivity index is 2.13. The molecule has 0 N–H and O–H groups in total. The summed E-state index contributed by atoms with van der Waals surface area (Å²) >= 11 is 5.26. The number of rotatable bonds is 0. The molecule has 0 bridgehead atoms. The maximum atomic E-state index is 12.1. The predicted octanol–water partition coefficient (Wildman–Crippen LogP) is 4.29. The van der Waals surface area contributed by atoms with Gasteiger partial charge in [0.15, 0.2) is 0 Å². The van der Waals surface area contributed by atoms with E-state index < -0.39 is 5.60 Å². The van der Waals surface area contributed by atoms with Gasteiger partial charge in [0.05, 0.1) is 6.54 Å². The Hall–Kier alpha value is -0.680. The van der Waals surface area contributed by atoms with E-state index in [0.717, 1.165) is 10.2 Å². The van der Waals surface area contributed by atoms with Gasteiger partial charge in [-0.15, -0.1) is 11.8 Å². The second-order valence-electron chi connectivity index (χ2n) is 5.50. The van der Waals surface area contributed by atoms with Gasteiger partial charge in [-0.1, -0.05) is 22.0 Å². The first-order chi connectivity index (χ1) is 8.85. The van der Waals surface area contributed by atoms with Crippen LogP contribution in [-0.2, 0) is 11.3 Å². The van der Waals surface area contributed by atoms with Gasteiger partial charge in [-0.3, -0.25) is 0 Å². The molecule has 1 aliphatic heterocycles. The molecule has 0 unspecified atom stereocenters. The first-order valence-electron chi connectivity index (χ1n) is 6.24. The summed E-state index contributed by atoms with van der Waals surface area (Å²) in [5.74, 6) is 0.892. The molecule has 1 aromatic rings. The van der Waals surface area contributed by atoms with E-state index >= 15 is 0 Å². The van der Waals surface area contributed by atoms with E-state index in [-0.39, 0.29) is 6.09 Å². The summed E-state index contributed by atoms with van der Waals surface area (Å²) in [5, 5.41) is 0. The zero-order valence-corrected chi connectivity index (χ0v) is 13.8. The number of carbonyl (C=O) groups is 1. The van der Waals surface area contributed by atoms with Crippen LogP contribution < -0.4 is 0 Å². The molecule has 0 spiro atoms. The second-order valence-corrected chi connectivity index (χ2v) is 7.55. The van der Waals surface area contributed by atoms with Crippen molar-refractivity contribution in [2.75, 3.05) is 12.3 Å². The number of nitrogens with zero attached hydrogens (tertiary/aromatic N) is 1. The maximum Gasteiger partial charge on any atom is 0.410 e. The minimum atomic E-state index is -0.445. The third-order valence-electron chi connectivity index (χ3n) is 2.66. The first-order valence-corrected chi connectivity index (χ1v) is 8.02. The fourth-order valence-corrected chi connectivity index (χ4v) is 3.40. The summed E-state index contributed by atoms with van der Waals surface area (Å²) in [5.41, 5.74) is 0.732. The monoisotopic (exact) mass is 343 g/mol. The maximum absolute atomic E-state index is 12.1. The quantitative estimate of drug-likeness (QED) is 0.703. The lowest BCUT2D eigenvalue weighted by Crippen LogP contribution is -2.37. The van der Waals surface area contributed by atoms with E-state index in [1.165, 1.54) is 10.5 Å². The number of ether oxygens (including phenoxy) is 1. The normalized spacial score (nSPS) is 15.7. The molecule has 0 saturated carbocycles. The second kappa shape index (κ2) is 5.75. The molecular weight excluding hydrogens is 326 g/mol. The minimum Gasteiger partial charge on any atom is -0.444 e. The zero-order chi connectivity index (χ0) is 14.0. The van der Waals surface area contributed by atoms with E-state index in [4.69, 9.17) is 4.74 Å². The SMILES string of the molecule is CC(C)(C)OC(=O)N1CCSc2cc(Br)ccc2C1. The number of amides is 1. The van der Waals surface area contributed by atoms with Crippen LogP contribution in [0, 0.1) is 0 Å². The van der Waals surface area contributed by atoms with Crippen LogP contribution in [0.4, 0.5) is 4.79 Å². The van der Waals surface area contributed by atoms with Crippen LogP contribution in [0.1, 0.15) is 26.3 Å². The van der Waals surface area contributed by atoms with E-state index in [0.29, 0.717) is 13.1 Å². The highest BCUT2D eigenvalue weighted by Gasteiger charge is 2.24. The van der Waals surface area contributed by atoms with Gasteiger partial charge < -0.3 is 9.64 Å². The average Bonchev–Trinajstić information content (AvgIpc) is 2.48. The number of thioether (sulfide) groups is 1. The summed E-state index contributed by atoms with van der Waals surface area (Å²) in [6.07, 6.45) is -0.233. The molecule has 0 saturated heterocycles. The lowest BCUT2D eigenvalue weighted by molar-refractivity contribution is 0.0247. The van der Waals surface area contributed by atoms with Crippen molar-refractivity contribution in [3.8, 4) is 0 Å². The number of fused-ring (bicyclic) bond motifs is 1. The van der Waals surface area contributed by atoms with Crippen molar-refractivity contribution in [1.29, 1.82) is 0 Å². The molecule has 5 heteroatoms. The van der Waals surface area contributed by atoms with Gasteiger partial charge in [0, 0.05) is 21.7 Å². The Labute approximate surface area is 126 Å². The van der Waals surface area contributed by atoms with Crippen molar-refractivity contribution in [1.82, 2.24) is 4.90 Å². The minimum absolute atomic E-state index is 0.233. The fourth-order valence-electron chi connectivity index (χ4n) is 1.83. The van der Waals surface area contributed by atoms with Crippen molar-refractivity contribution in [2.24, 2.45) is 0 Å². The molecule has 0 atom stereocenters. The molecule has 2 rings (SSSR count). The highest BCUT2D eigenvalue weighted by atomic mass is 79.9. The number of hydrogen-bond acceptors (Lipinski definition) is 3. The van der Waals surface area contributed by atoms with Crippen LogP contribution in [0.5, 0.6) is 0 Å². The van der Waals surface area contributed by atoms with Crippen molar-refractivity contribution in [3.63, 3.8) is 0 Å². The lowest BCUT2D eigenvalue weighted by Gasteiger charge is -2.26. The van der Waals surface area contributed by atoms with E-state index in [1.807, 2.05) is 26.8 Å². The number of carbonyl (C=O) groups excluding carboxylic acids is 1. The molecule has 0 aromatic heterocycles. The summed E-state index contributed by atoms with van der Waals surface area (Å²) in [6, 6.07) is 6.19. The van der Waals surface area contributed by atoms with Crippen LogP contribution in [0.2, 0.25) is 0 Å². The van der Waals surface area contributed by atoms with Crippen LogP contribution in [0.25, 0.3) is 0 Å². The molecule has 1 amide bonds. The Bertz CT molecular complexity index is 485. The van der Waals surface area contributed by atoms with E-state index in [9.17, 15) is 4.79 Å². The predicted molar refractivity (Wildman–Crippen MR) is 81.5 cm³/mol. The third-order valence-corrected chi connectivity index (χ3v) is 4.23. The summed E-state index contributed by atoms with van der Waals surface area (Å²) in [6.45, 7) is 7.00. The number of hydrogen-bond donors (Lipinski definition) is 0. The largest absolute Gasteiger partial charge is 0.444 e. The van der Waals surface area contributed by atoms with Crippen LogP contribution >= 0.6 is 27.7 Å². The van der Waals surface area contributed by atoms with Crippen LogP contribution in [0.3, 0.4) is 0 Å². The molecule has 0 aliphatic carbocycles. The van der Waals surface area contributed by atoms with Crippen molar-refractivity contribution in [2.45, 2.75) is 37.8 Å². The number of benzene rings is 1. The molecule has 1 aromatic carbocycles. The molecule has 0 fully saturated rings. The molecule has 104 valence electrons. The molecule has 1 heterocycles. The van der Waals surface area contributed by atoms with Crippen LogP contribution in [-0.4, -0.2) is 28.9 Å². The van der Waals surface area contributed by atoms with E-state index in [2.05, 4.69) is 28.1 Å². The smallest absolute Gasteiger partial charge is 0.410 e. The van der Waals surface area contributed by atoms with Gasteiger partial charge in [-0.2, -0.15) is 0 Å². The summed E-state index contributed by atoms with van der Waals surface area (Å²) in [4.78, 5) is 15.1. The zero-order valence-electron chi connectivity index (χ0n) is 11.4. The number of halogens is 1. The van der Waals surface area contributed by atoms with Crippen molar-refractivity contribution in [3.05, 3.63) is 28.2 Å². The molecule has 19 heavy (non-hydrogen) atoms. The molecule has 0 radical (unpaired) electrons. The summed E-state index contributed by atoms with van der Waals surface area (Å²) in [7, 11) is 0. The first kappa shape index (κ1) is 14.7. The third kappa shape index (κ3) is 4.14. The summed E-state index contributed by atoms with van der Waals surface area (Å²) < 4.78 is 6.51. The van der Waals surface area contributed by atoms with Crippen molar-refractivity contribution < 1.29 is 9.53 Å². The topological polar surface area (TPSA) is 29.5 Å². The highest BCUT2D eigenvalue weighted by molar-refractivity contribution is 9.10. The van der Waals surface area contributed by atoms with Gasteiger partial charge in [0.25, 0.3) is 0 Å². The standard InChI is InChI=1S/C14H18BrNO2S/c1-14(2,3)18-13(17)16-6-7-19-12-8-11(15)5-4-10(12)9-16/h4-5,8H,6-7,9H2,1-3H3. The van der Waals surface area contributed by atoms with Gasteiger partial charge >= 0.3 is 6.09 Å². The lowest BCUT2D eigenvalue weighted by atomic mass is 10.2. The Kier molecular flexibility index (Phi) is 4.46. The Morgan fingerprint density at radius 2 is 2.16 bits per heavy atom. The van der Waals surface area contributed by atoms with Gasteiger partial charge in [0.1, 0.15) is 5.60 Å². The fraction of sp³-hybridized carbons (Fsp3) is 0.500. The molecular formula is C14H18BrNO2S. The Morgan fingerprint density at radius 1 is 1.42 bits per heavy atom.